The van der Waals surface area contributed by atoms with Crippen LogP contribution in [0.3, 0.4) is 0 Å². The number of nitrogens with zero attached hydrogens (tertiary/aromatic N) is 2. The molecule has 2 N–H and O–H groups in total. The molecule has 168 valence electrons. The van der Waals surface area contributed by atoms with Crippen molar-refractivity contribution in [2.45, 2.75) is 66.7 Å². The Morgan fingerprint density at radius 2 is 1.84 bits per heavy atom. The molecule has 0 aliphatic heterocycles. The maximum Gasteiger partial charge on any atom is 0.139 e. The van der Waals surface area contributed by atoms with Gasteiger partial charge in [-0.3, -0.25) is 9.79 Å². The number of hydrogen-bond acceptors (Lipinski definition) is 4. The fraction of sp³-hybridized carbons (Fsp3) is 0.519. The van der Waals surface area contributed by atoms with Gasteiger partial charge in [-0.05, 0) is 35.4 Å². The highest BCUT2D eigenvalue weighted by molar-refractivity contribution is 5.89. The predicted molar refractivity (Wildman–Crippen MR) is 133 cm³/mol. The number of pyridine rings is 1. The Morgan fingerprint density at radius 1 is 1.26 bits per heavy atom. The quantitative estimate of drug-likeness (QED) is 0.555. The minimum atomic E-state index is -0.0154. The molecule has 2 aromatic rings. The second kappa shape index (κ2) is 9.76. The van der Waals surface area contributed by atoms with Crippen LogP contribution in [0.5, 0.6) is 0 Å². The number of ketones is 1. The van der Waals surface area contributed by atoms with Crippen LogP contribution in [0, 0.1) is 17.3 Å². The van der Waals surface area contributed by atoms with Gasteiger partial charge in [-0.25, -0.2) is 4.98 Å². The molecule has 0 spiro atoms. The fourth-order valence-electron chi connectivity index (χ4n) is 3.58. The number of hydrogen-bond donors (Lipinski definition) is 1. The van der Waals surface area contributed by atoms with Gasteiger partial charge in [0.15, 0.2) is 0 Å². The largest absolute Gasteiger partial charge is 0.383 e. The third-order valence-corrected chi connectivity index (χ3v) is 5.77. The van der Waals surface area contributed by atoms with E-state index >= 15 is 0 Å². The number of carbonyl (C=O) groups is 1. The average Bonchev–Trinajstić information content (AvgIpc) is 3.40. The Kier molecular flexibility index (Phi) is 7.80. The molecule has 0 amide bonds. The standard InChI is InChI=1S/C22H27N3O.C5H12/c1-5-14(2)20(26)19-11-22(19,3)18-8-6-15(7-9-18)16-10-17(12-24-4)21(23)25-13-16;1-5(2,3)4/h6-10,12-14,19H,5,11H2,1-4H3,(H2,23,25);1-4H3. The lowest BCUT2D eigenvalue weighted by atomic mass is 9.89. The van der Waals surface area contributed by atoms with Crippen LogP contribution in [0.2, 0.25) is 0 Å². The third kappa shape index (κ3) is 6.49. The van der Waals surface area contributed by atoms with Gasteiger partial charge in [0, 0.05) is 47.8 Å². The lowest BCUT2D eigenvalue weighted by Gasteiger charge is -2.14. The number of nitrogen functional groups attached to an aromatic ring is 1. The summed E-state index contributed by atoms with van der Waals surface area (Å²) < 4.78 is 0. The van der Waals surface area contributed by atoms with Gasteiger partial charge < -0.3 is 5.73 Å². The number of aromatic nitrogens is 1. The van der Waals surface area contributed by atoms with Crippen molar-refractivity contribution in [2.75, 3.05) is 12.8 Å². The molecular weight excluding hydrogens is 382 g/mol. The van der Waals surface area contributed by atoms with Gasteiger partial charge in [-0.2, -0.15) is 0 Å². The second-order valence-corrected chi connectivity index (χ2v) is 10.5. The molecule has 31 heavy (non-hydrogen) atoms. The minimum Gasteiger partial charge on any atom is -0.383 e. The van der Waals surface area contributed by atoms with Crippen molar-refractivity contribution in [3.8, 4) is 11.1 Å². The van der Waals surface area contributed by atoms with Crippen molar-refractivity contribution in [1.82, 2.24) is 4.98 Å². The summed E-state index contributed by atoms with van der Waals surface area (Å²) in [4.78, 5) is 20.8. The van der Waals surface area contributed by atoms with Gasteiger partial charge in [-0.15, -0.1) is 0 Å². The van der Waals surface area contributed by atoms with E-state index in [0.717, 1.165) is 29.5 Å². The third-order valence-electron chi connectivity index (χ3n) is 5.77. The molecule has 0 radical (unpaired) electrons. The smallest absolute Gasteiger partial charge is 0.139 e. The van der Waals surface area contributed by atoms with Crippen LogP contribution in [0.1, 0.15) is 72.4 Å². The number of anilines is 1. The molecule has 3 unspecified atom stereocenters. The van der Waals surface area contributed by atoms with E-state index in [9.17, 15) is 4.79 Å². The summed E-state index contributed by atoms with van der Waals surface area (Å²) in [5.41, 5.74) is 10.5. The number of aliphatic imine (C=N–C) groups is 1. The molecule has 3 atom stereocenters. The van der Waals surface area contributed by atoms with Crippen molar-refractivity contribution < 1.29 is 4.79 Å². The maximum atomic E-state index is 12.5. The van der Waals surface area contributed by atoms with Crippen molar-refractivity contribution in [1.29, 1.82) is 0 Å². The van der Waals surface area contributed by atoms with Crippen molar-refractivity contribution >= 4 is 17.8 Å². The van der Waals surface area contributed by atoms with E-state index < -0.39 is 0 Å². The Labute approximate surface area is 188 Å². The summed E-state index contributed by atoms with van der Waals surface area (Å²) >= 11 is 0. The minimum absolute atomic E-state index is 0.0154. The first kappa shape index (κ1) is 24.8. The molecular formula is C27H39N3O. The molecule has 1 aromatic carbocycles. The number of benzene rings is 1. The van der Waals surface area contributed by atoms with E-state index in [1.807, 2.05) is 13.0 Å². The average molecular weight is 422 g/mol. The van der Waals surface area contributed by atoms with Gasteiger partial charge >= 0.3 is 0 Å². The molecule has 1 aliphatic rings. The molecule has 1 heterocycles. The Balaban J connectivity index is 0.000000614. The van der Waals surface area contributed by atoms with E-state index in [4.69, 9.17) is 5.73 Å². The summed E-state index contributed by atoms with van der Waals surface area (Å²) in [7, 11) is 1.72. The highest BCUT2D eigenvalue weighted by Crippen LogP contribution is 2.55. The topological polar surface area (TPSA) is 68.3 Å². The number of rotatable bonds is 6. The zero-order valence-corrected chi connectivity index (χ0v) is 20.5. The summed E-state index contributed by atoms with van der Waals surface area (Å²) in [6, 6.07) is 10.5. The van der Waals surface area contributed by atoms with Crippen molar-refractivity contribution in [3.05, 3.63) is 47.7 Å². The highest BCUT2D eigenvalue weighted by Gasteiger charge is 2.55. The first-order valence-electron chi connectivity index (χ1n) is 11.2. The lowest BCUT2D eigenvalue weighted by molar-refractivity contribution is -0.124. The van der Waals surface area contributed by atoms with Gasteiger partial charge in [0.25, 0.3) is 0 Å². The Hall–Kier alpha value is -2.49. The number of carbonyl (C=O) groups excluding carboxylic acids is 1. The molecule has 1 aliphatic carbocycles. The summed E-state index contributed by atoms with van der Waals surface area (Å²) in [6.45, 7) is 15.1. The van der Waals surface area contributed by atoms with E-state index in [0.29, 0.717) is 17.0 Å². The highest BCUT2D eigenvalue weighted by atomic mass is 16.1. The van der Waals surface area contributed by atoms with E-state index in [2.05, 4.69) is 75.8 Å². The number of nitrogens with two attached hydrogens (primary N) is 1. The zero-order chi connectivity index (χ0) is 23.4. The van der Waals surface area contributed by atoms with Crippen molar-refractivity contribution in [3.63, 3.8) is 0 Å². The lowest BCUT2D eigenvalue weighted by Crippen LogP contribution is -2.18. The summed E-state index contributed by atoms with van der Waals surface area (Å²) in [5.74, 6) is 1.20. The maximum absolute atomic E-state index is 12.5. The van der Waals surface area contributed by atoms with Crippen LogP contribution >= 0.6 is 0 Å². The molecule has 0 bridgehead atoms. The predicted octanol–water partition coefficient (Wildman–Crippen LogP) is 6.32. The van der Waals surface area contributed by atoms with Crippen LogP contribution in [-0.4, -0.2) is 24.0 Å². The zero-order valence-electron chi connectivity index (χ0n) is 20.5. The van der Waals surface area contributed by atoms with Crippen LogP contribution < -0.4 is 5.73 Å². The molecule has 4 heteroatoms. The molecule has 1 aromatic heterocycles. The summed E-state index contributed by atoms with van der Waals surface area (Å²) in [6.07, 6.45) is 5.37. The molecule has 0 saturated heterocycles. The molecule has 3 rings (SSSR count). The SMILES string of the molecule is CC(C)(C)C.CCC(C)C(=O)C1CC1(C)c1ccc(-c2cnc(N)c(C=NC)c2)cc1. The monoisotopic (exact) mass is 421 g/mol. The molecule has 1 fully saturated rings. The van der Waals surface area contributed by atoms with Crippen LogP contribution in [0.15, 0.2) is 41.5 Å². The normalized spacial score (nSPS) is 21.4. The Morgan fingerprint density at radius 3 is 2.35 bits per heavy atom. The fourth-order valence-corrected chi connectivity index (χ4v) is 3.58. The molecule has 4 nitrogen and oxygen atoms in total. The first-order valence-corrected chi connectivity index (χ1v) is 11.2. The van der Waals surface area contributed by atoms with Crippen LogP contribution in [0.4, 0.5) is 5.82 Å². The van der Waals surface area contributed by atoms with Crippen molar-refractivity contribution in [2.24, 2.45) is 22.2 Å². The Bertz CT molecular complexity index is 918. The van der Waals surface area contributed by atoms with Gasteiger partial charge in [0.2, 0.25) is 0 Å². The molecule has 1 saturated carbocycles. The van der Waals surface area contributed by atoms with Gasteiger partial charge in [0.1, 0.15) is 11.6 Å². The number of Topliss-reactive ketones (excluding diaryl/α,β-unsaturated/α-hetero) is 1. The van der Waals surface area contributed by atoms with Crippen LogP contribution in [0.25, 0.3) is 11.1 Å². The van der Waals surface area contributed by atoms with Crippen LogP contribution in [-0.2, 0) is 10.2 Å². The van der Waals surface area contributed by atoms with E-state index in [1.165, 1.54) is 5.56 Å². The second-order valence-electron chi connectivity index (χ2n) is 10.5. The van der Waals surface area contributed by atoms with Gasteiger partial charge in [-0.1, -0.05) is 72.7 Å². The van der Waals surface area contributed by atoms with E-state index in [-0.39, 0.29) is 17.3 Å². The van der Waals surface area contributed by atoms with Gasteiger partial charge in [0.05, 0.1) is 0 Å². The van der Waals surface area contributed by atoms with E-state index in [1.54, 1.807) is 19.5 Å². The first-order chi connectivity index (χ1) is 14.4. The summed E-state index contributed by atoms with van der Waals surface area (Å²) in [5, 5.41) is 0.